The Bertz CT molecular complexity index is 287. The Morgan fingerprint density at radius 2 is 1.76 bits per heavy atom. The van der Waals surface area contributed by atoms with E-state index in [1.165, 1.54) is 5.56 Å². The van der Waals surface area contributed by atoms with Crippen molar-refractivity contribution >= 4 is 11.8 Å². The van der Waals surface area contributed by atoms with Crippen molar-refractivity contribution in [3.05, 3.63) is 29.8 Å². The monoisotopic (exact) mass is 256 g/mol. The van der Waals surface area contributed by atoms with Gasteiger partial charge in [0.05, 0.1) is 26.9 Å². The predicted molar refractivity (Wildman–Crippen MR) is 71.9 cm³/mol. The SMILES string of the molecule is COCCOCCSCc1ccc(OC)cc1. The fraction of sp³-hybridized carbons (Fsp3) is 0.538. The van der Waals surface area contributed by atoms with Crippen LogP contribution in [0.2, 0.25) is 0 Å². The third-order valence-electron chi connectivity index (χ3n) is 2.23. The van der Waals surface area contributed by atoms with Crippen molar-refractivity contribution in [1.29, 1.82) is 0 Å². The lowest BCUT2D eigenvalue weighted by Gasteiger charge is -2.05. The van der Waals surface area contributed by atoms with Crippen LogP contribution >= 0.6 is 11.8 Å². The largest absolute Gasteiger partial charge is 0.497 e. The van der Waals surface area contributed by atoms with Gasteiger partial charge in [0.1, 0.15) is 5.75 Å². The van der Waals surface area contributed by atoms with Gasteiger partial charge in [0.25, 0.3) is 0 Å². The smallest absolute Gasteiger partial charge is 0.118 e. The maximum absolute atomic E-state index is 5.38. The van der Waals surface area contributed by atoms with Crippen LogP contribution in [0.4, 0.5) is 0 Å². The van der Waals surface area contributed by atoms with Gasteiger partial charge >= 0.3 is 0 Å². The number of ether oxygens (including phenoxy) is 3. The molecule has 0 fully saturated rings. The molecule has 0 heterocycles. The molecule has 1 rings (SSSR count). The van der Waals surface area contributed by atoms with E-state index in [0.29, 0.717) is 13.2 Å². The molecule has 0 amide bonds. The van der Waals surface area contributed by atoms with E-state index in [0.717, 1.165) is 23.9 Å². The average Bonchev–Trinajstić information content (AvgIpc) is 2.38. The van der Waals surface area contributed by atoms with Gasteiger partial charge in [-0.1, -0.05) is 12.1 Å². The van der Waals surface area contributed by atoms with Crippen molar-refractivity contribution in [2.45, 2.75) is 5.75 Å². The van der Waals surface area contributed by atoms with Gasteiger partial charge < -0.3 is 14.2 Å². The van der Waals surface area contributed by atoms with Gasteiger partial charge in [0.15, 0.2) is 0 Å². The average molecular weight is 256 g/mol. The molecule has 1 aromatic carbocycles. The van der Waals surface area contributed by atoms with E-state index < -0.39 is 0 Å². The fourth-order valence-corrected chi connectivity index (χ4v) is 2.08. The second-order valence-electron chi connectivity index (χ2n) is 3.51. The van der Waals surface area contributed by atoms with Crippen LogP contribution in [0.5, 0.6) is 5.75 Å². The first-order valence-electron chi connectivity index (χ1n) is 5.64. The zero-order valence-electron chi connectivity index (χ0n) is 10.5. The number of hydrogen-bond donors (Lipinski definition) is 0. The molecule has 0 radical (unpaired) electrons. The molecule has 0 bridgehead atoms. The van der Waals surface area contributed by atoms with Gasteiger partial charge in [0.2, 0.25) is 0 Å². The summed E-state index contributed by atoms with van der Waals surface area (Å²) in [6.45, 7) is 2.13. The van der Waals surface area contributed by atoms with Gasteiger partial charge in [0, 0.05) is 18.6 Å². The van der Waals surface area contributed by atoms with Gasteiger partial charge in [-0.15, -0.1) is 0 Å². The maximum Gasteiger partial charge on any atom is 0.118 e. The Labute approximate surface area is 107 Å². The van der Waals surface area contributed by atoms with Crippen LogP contribution in [-0.2, 0) is 15.2 Å². The highest BCUT2D eigenvalue weighted by atomic mass is 32.2. The summed E-state index contributed by atoms with van der Waals surface area (Å²) in [4.78, 5) is 0. The molecule has 0 aliphatic carbocycles. The van der Waals surface area contributed by atoms with Crippen molar-refractivity contribution in [2.75, 3.05) is 39.8 Å². The summed E-state index contributed by atoms with van der Waals surface area (Å²) in [6.07, 6.45) is 0. The van der Waals surface area contributed by atoms with E-state index in [-0.39, 0.29) is 0 Å². The molecule has 0 unspecified atom stereocenters. The number of benzene rings is 1. The standard InChI is InChI=1S/C13H20O3S/c1-14-7-8-16-9-10-17-11-12-3-5-13(15-2)6-4-12/h3-6H,7-11H2,1-2H3. The van der Waals surface area contributed by atoms with Crippen molar-refractivity contribution < 1.29 is 14.2 Å². The maximum atomic E-state index is 5.38. The Morgan fingerprint density at radius 1 is 1.00 bits per heavy atom. The van der Waals surface area contributed by atoms with Crippen LogP contribution in [0.15, 0.2) is 24.3 Å². The molecule has 0 N–H and O–H groups in total. The molecular formula is C13H20O3S. The molecule has 0 spiro atoms. The molecule has 3 nitrogen and oxygen atoms in total. The first kappa shape index (κ1) is 14.4. The zero-order valence-corrected chi connectivity index (χ0v) is 11.3. The fourth-order valence-electron chi connectivity index (χ4n) is 1.27. The van der Waals surface area contributed by atoms with Crippen molar-refractivity contribution in [3.63, 3.8) is 0 Å². The number of methoxy groups -OCH3 is 2. The molecular weight excluding hydrogens is 236 g/mol. The molecule has 0 saturated heterocycles. The molecule has 96 valence electrons. The summed E-state index contributed by atoms with van der Waals surface area (Å²) in [5.41, 5.74) is 1.31. The van der Waals surface area contributed by atoms with Gasteiger partial charge in [-0.25, -0.2) is 0 Å². The minimum absolute atomic E-state index is 0.670. The van der Waals surface area contributed by atoms with Gasteiger partial charge in [-0.3, -0.25) is 0 Å². The summed E-state index contributed by atoms with van der Waals surface area (Å²) < 4.78 is 15.4. The summed E-state index contributed by atoms with van der Waals surface area (Å²) >= 11 is 1.87. The lowest BCUT2D eigenvalue weighted by molar-refractivity contribution is 0.0790. The van der Waals surface area contributed by atoms with Crippen LogP contribution in [0.25, 0.3) is 0 Å². The number of hydrogen-bond acceptors (Lipinski definition) is 4. The molecule has 17 heavy (non-hydrogen) atoms. The lowest BCUT2D eigenvalue weighted by Crippen LogP contribution is -2.04. The topological polar surface area (TPSA) is 27.7 Å². The summed E-state index contributed by atoms with van der Waals surface area (Å²) in [5, 5.41) is 0. The summed E-state index contributed by atoms with van der Waals surface area (Å²) in [5.74, 6) is 2.93. The second-order valence-corrected chi connectivity index (χ2v) is 4.61. The number of thioether (sulfide) groups is 1. The zero-order chi connectivity index (χ0) is 12.3. The molecule has 0 aliphatic rings. The second kappa shape index (κ2) is 9.33. The van der Waals surface area contributed by atoms with Crippen molar-refractivity contribution in [3.8, 4) is 5.75 Å². The Hall–Kier alpha value is -0.710. The highest BCUT2D eigenvalue weighted by Gasteiger charge is 1.95. The molecule has 0 saturated carbocycles. The Balaban J connectivity index is 2.05. The molecule has 0 atom stereocenters. The predicted octanol–water partition coefficient (Wildman–Crippen LogP) is 2.59. The van der Waals surface area contributed by atoms with Crippen LogP contribution in [0.3, 0.4) is 0 Å². The highest BCUT2D eigenvalue weighted by Crippen LogP contribution is 2.16. The first-order valence-corrected chi connectivity index (χ1v) is 6.79. The van der Waals surface area contributed by atoms with E-state index >= 15 is 0 Å². The van der Waals surface area contributed by atoms with Gasteiger partial charge in [-0.05, 0) is 17.7 Å². The third-order valence-corrected chi connectivity index (χ3v) is 3.22. The Morgan fingerprint density at radius 3 is 2.41 bits per heavy atom. The summed E-state index contributed by atoms with van der Waals surface area (Å²) in [7, 11) is 3.36. The molecule has 0 aromatic heterocycles. The third kappa shape index (κ3) is 6.56. The van der Waals surface area contributed by atoms with Crippen molar-refractivity contribution in [2.24, 2.45) is 0 Å². The minimum atomic E-state index is 0.670. The highest BCUT2D eigenvalue weighted by molar-refractivity contribution is 7.98. The van der Waals surface area contributed by atoms with Crippen LogP contribution in [-0.4, -0.2) is 39.8 Å². The molecule has 0 aliphatic heterocycles. The van der Waals surface area contributed by atoms with Crippen LogP contribution in [0, 0.1) is 0 Å². The Kier molecular flexibility index (Phi) is 7.88. The molecule has 1 aromatic rings. The first-order chi connectivity index (χ1) is 8.36. The van der Waals surface area contributed by atoms with E-state index in [4.69, 9.17) is 14.2 Å². The van der Waals surface area contributed by atoms with E-state index in [1.54, 1.807) is 14.2 Å². The minimum Gasteiger partial charge on any atom is -0.497 e. The quantitative estimate of drug-likeness (QED) is 0.635. The van der Waals surface area contributed by atoms with Crippen molar-refractivity contribution in [1.82, 2.24) is 0 Å². The van der Waals surface area contributed by atoms with E-state index in [2.05, 4.69) is 12.1 Å². The normalized spacial score (nSPS) is 10.5. The van der Waals surface area contributed by atoms with Crippen LogP contribution in [0.1, 0.15) is 5.56 Å². The lowest BCUT2D eigenvalue weighted by atomic mass is 10.2. The van der Waals surface area contributed by atoms with Crippen LogP contribution < -0.4 is 4.74 Å². The number of rotatable bonds is 9. The van der Waals surface area contributed by atoms with Gasteiger partial charge in [-0.2, -0.15) is 11.8 Å². The van der Waals surface area contributed by atoms with E-state index in [9.17, 15) is 0 Å². The summed E-state index contributed by atoms with van der Waals surface area (Å²) in [6, 6.07) is 8.17. The van der Waals surface area contributed by atoms with E-state index in [1.807, 2.05) is 23.9 Å². The molecule has 4 heteroatoms.